The Hall–Kier alpha value is -1.35. The van der Waals surface area contributed by atoms with Crippen LogP contribution in [0.2, 0.25) is 0 Å². The zero-order valence-electron chi connectivity index (χ0n) is 19.8. The molecule has 0 bridgehead atoms. The Morgan fingerprint density at radius 3 is 2.28 bits per heavy atom. The fraction of sp³-hybridized carbons (Fsp3) is 0.680. The van der Waals surface area contributed by atoms with E-state index in [1.807, 2.05) is 4.90 Å². The van der Waals surface area contributed by atoms with Crippen LogP contribution in [0.4, 0.5) is 0 Å². The van der Waals surface area contributed by atoms with Gasteiger partial charge in [-0.25, -0.2) is 0 Å². The molecule has 0 aromatic heterocycles. The van der Waals surface area contributed by atoms with Crippen molar-refractivity contribution in [1.29, 1.82) is 0 Å². The molecule has 4 rings (SSSR count). The number of amides is 1. The summed E-state index contributed by atoms with van der Waals surface area (Å²) in [6, 6.07) is 10.8. The van der Waals surface area contributed by atoms with Crippen LogP contribution in [0.1, 0.15) is 45.1 Å². The largest absolute Gasteiger partial charge is 0.357 e. The summed E-state index contributed by atoms with van der Waals surface area (Å²) in [6.45, 7) is 11.6. The molecule has 1 N–H and O–H groups in total. The van der Waals surface area contributed by atoms with Gasteiger partial charge in [-0.2, -0.15) is 0 Å². The lowest BCUT2D eigenvalue weighted by Crippen LogP contribution is -2.57. The van der Waals surface area contributed by atoms with E-state index in [2.05, 4.69) is 59.3 Å². The van der Waals surface area contributed by atoms with Gasteiger partial charge in [0.25, 0.3) is 0 Å². The number of nitrogens with one attached hydrogen (secondary N) is 1. The van der Waals surface area contributed by atoms with Gasteiger partial charge in [-0.3, -0.25) is 14.7 Å². The minimum Gasteiger partial charge on any atom is -0.357 e. The number of guanidine groups is 1. The van der Waals surface area contributed by atoms with Crippen molar-refractivity contribution in [3.05, 3.63) is 35.9 Å². The summed E-state index contributed by atoms with van der Waals surface area (Å²) >= 11 is 0. The molecule has 1 aromatic carbocycles. The number of piperazine rings is 1. The summed E-state index contributed by atoms with van der Waals surface area (Å²) in [5.74, 6) is 1.35. The Bertz CT molecular complexity index is 753. The molecule has 1 saturated carbocycles. The van der Waals surface area contributed by atoms with Gasteiger partial charge in [0, 0.05) is 52.4 Å². The van der Waals surface area contributed by atoms with Gasteiger partial charge in [0.05, 0.1) is 6.04 Å². The second-order valence-corrected chi connectivity index (χ2v) is 9.56. The summed E-state index contributed by atoms with van der Waals surface area (Å²) in [7, 11) is 0. The fourth-order valence-electron chi connectivity index (χ4n) is 4.94. The van der Waals surface area contributed by atoms with Gasteiger partial charge < -0.3 is 15.1 Å². The number of aliphatic imine (C=N–C) groups is 1. The molecule has 3 fully saturated rings. The van der Waals surface area contributed by atoms with Crippen LogP contribution >= 0.6 is 24.0 Å². The molecule has 7 heteroatoms. The number of carbonyl (C=O) groups excluding carboxylic acids is 1. The van der Waals surface area contributed by atoms with Gasteiger partial charge in [0.2, 0.25) is 5.91 Å². The lowest BCUT2D eigenvalue weighted by atomic mass is 9.97. The number of benzene rings is 1. The van der Waals surface area contributed by atoms with Crippen molar-refractivity contribution < 1.29 is 4.79 Å². The molecule has 2 heterocycles. The van der Waals surface area contributed by atoms with E-state index in [0.717, 1.165) is 77.6 Å². The van der Waals surface area contributed by atoms with Gasteiger partial charge in [0.15, 0.2) is 5.96 Å². The third-order valence-corrected chi connectivity index (χ3v) is 7.21. The maximum absolute atomic E-state index is 12.8. The van der Waals surface area contributed by atoms with E-state index in [4.69, 9.17) is 4.99 Å². The molecule has 0 spiro atoms. The average Bonchev–Trinajstić information content (AvgIpc) is 3.34. The molecule has 1 aromatic rings. The highest BCUT2D eigenvalue weighted by molar-refractivity contribution is 14.0. The maximum Gasteiger partial charge on any atom is 0.239 e. The molecule has 6 nitrogen and oxygen atoms in total. The molecular formula is C25H40IN5O. The highest BCUT2D eigenvalue weighted by atomic mass is 127. The minimum absolute atomic E-state index is 0. The van der Waals surface area contributed by atoms with Crippen molar-refractivity contribution in [3.63, 3.8) is 0 Å². The van der Waals surface area contributed by atoms with Gasteiger partial charge in [-0.1, -0.05) is 30.3 Å². The van der Waals surface area contributed by atoms with Crippen LogP contribution in [0.5, 0.6) is 0 Å². The van der Waals surface area contributed by atoms with Crippen molar-refractivity contribution in [2.45, 2.75) is 52.0 Å². The highest BCUT2D eigenvalue weighted by Gasteiger charge is 2.42. The maximum atomic E-state index is 12.8. The molecule has 1 atom stereocenters. The Labute approximate surface area is 210 Å². The van der Waals surface area contributed by atoms with Gasteiger partial charge in [-0.15, -0.1) is 24.0 Å². The van der Waals surface area contributed by atoms with E-state index in [-0.39, 0.29) is 30.0 Å². The second kappa shape index (κ2) is 11.7. The van der Waals surface area contributed by atoms with E-state index in [1.165, 1.54) is 18.4 Å². The summed E-state index contributed by atoms with van der Waals surface area (Å²) < 4.78 is 0. The predicted molar refractivity (Wildman–Crippen MR) is 142 cm³/mol. The highest BCUT2D eigenvalue weighted by Crippen LogP contribution is 2.48. The first kappa shape index (κ1) is 25.3. The van der Waals surface area contributed by atoms with Crippen LogP contribution in [0.15, 0.2) is 35.3 Å². The SMILES string of the molecule is CCNC(=NCC1(Cc2ccccc2)CC1)N1CCN(C(C)C(=O)N2CCCC2)CC1.I. The van der Waals surface area contributed by atoms with Crippen LogP contribution in [0, 0.1) is 5.41 Å². The quantitative estimate of drug-likeness (QED) is 0.320. The third-order valence-electron chi connectivity index (χ3n) is 7.21. The number of rotatable bonds is 7. The fourth-order valence-corrected chi connectivity index (χ4v) is 4.94. The molecular weight excluding hydrogens is 513 g/mol. The van der Waals surface area contributed by atoms with Gasteiger partial charge in [0.1, 0.15) is 0 Å². The van der Waals surface area contributed by atoms with Crippen LogP contribution in [0.3, 0.4) is 0 Å². The molecule has 2 aliphatic heterocycles. The van der Waals surface area contributed by atoms with Crippen molar-refractivity contribution in [2.24, 2.45) is 10.4 Å². The van der Waals surface area contributed by atoms with Gasteiger partial charge in [-0.05, 0) is 56.9 Å². The van der Waals surface area contributed by atoms with Crippen LogP contribution in [-0.4, -0.2) is 85.0 Å². The first-order valence-corrected chi connectivity index (χ1v) is 12.2. The van der Waals surface area contributed by atoms with Gasteiger partial charge >= 0.3 is 0 Å². The van der Waals surface area contributed by atoms with E-state index in [1.54, 1.807) is 0 Å². The Morgan fingerprint density at radius 2 is 1.69 bits per heavy atom. The monoisotopic (exact) mass is 553 g/mol. The minimum atomic E-state index is -0.0135. The number of halogens is 1. The summed E-state index contributed by atoms with van der Waals surface area (Å²) in [5, 5.41) is 3.51. The summed E-state index contributed by atoms with van der Waals surface area (Å²) in [4.78, 5) is 24.6. The molecule has 178 valence electrons. The van der Waals surface area contributed by atoms with E-state index in [9.17, 15) is 4.79 Å². The van der Waals surface area contributed by atoms with Crippen LogP contribution < -0.4 is 5.32 Å². The van der Waals surface area contributed by atoms with Crippen molar-refractivity contribution in [1.82, 2.24) is 20.0 Å². The zero-order chi connectivity index (χ0) is 21.7. The number of hydrogen-bond donors (Lipinski definition) is 1. The predicted octanol–water partition coefficient (Wildman–Crippen LogP) is 3.22. The summed E-state index contributed by atoms with van der Waals surface area (Å²) in [6.07, 6.45) is 5.98. The number of likely N-dealkylation sites (tertiary alicyclic amines) is 1. The van der Waals surface area contributed by atoms with Crippen LogP contribution in [-0.2, 0) is 11.2 Å². The van der Waals surface area contributed by atoms with E-state index < -0.39 is 0 Å². The lowest BCUT2D eigenvalue weighted by Gasteiger charge is -2.39. The van der Waals surface area contributed by atoms with Crippen molar-refractivity contribution in [3.8, 4) is 0 Å². The topological polar surface area (TPSA) is 51.2 Å². The second-order valence-electron chi connectivity index (χ2n) is 9.56. The average molecular weight is 554 g/mol. The summed E-state index contributed by atoms with van der Waals surface area (Å²) in [5.41, 5.74) is 1.77. The van der Waals surface area contributed by atoms with Crippen LogP contribution in [0.25, 0.3) is 0 Å². The lowest BCUT2D eigenvalue weighted by molar-refractivity contribution is -0.135. The third kappa shape index (κ3) is 6.37. The first-order chi connectivity index (χ1) is 15.1. The van der Waals surface area contributed by atoms with Crippen molar-refractivity contribution >= 4 is 35.8 Å². The first-order valence-electron chi connectivity index (χ1n) is 12.2. The van der Waals surface area contributed by atoms with Crippen molar-refractivity contribution in [2.75, 3.05) is 52.4 Å². The number of hydrogen-bond acceptors (Lipinski definition) is 3. The normalized spacial score (nSPS) is 21.8. The smallest absolute Gasteiger partial charge is 0.239 e. The Morgan fingerprint density at radius 1 is 1.03 bits per heavy atom. The Kier molecular flexibility index (Phi) is 9.22. The molecule has 2 saturated heterocycles. The molecule has 1 aliphatic carbocycles. The standard InChI is InChI=1S/C25H39N5O.HI/c1-3-26-24(27-20-25(11-12-25)19-22-9-5-4-6-10-22)30-17-15-28(16-18-30)21(2)23(31)29-13-7-8-14-29;/h4-6,9-10,21H,3,7-8,11-20H2,1-2H3,(H,26,27);1H. The molecule has 3 aliphatic rings. The molecule has 1 unspecified atom stereocenters. The molecule has 0 radical (unpaired) electrons. The zero-order valence-corrected chi connectivity index (χ0v) is 22.1. The van der Waals surface area contributed by atoms with E-state index >= 15 is 0 Å². The molecule has 32 heavy (non-hydrogen) atoms. The van der Waals surface area contributed by atoms with E-state index in [0.29, 0.717) is 11.3 Å². The number of carbonyl (C=O) groups is 1. The number of nitrogens with zero attached hydrogens (tertiary/aromatic N) is 4. The Balaban J connectivity index is 0.00000289. The molecule has 1 amide bonds.